The molecule has 0 saturated carbocycles. The SMILES string of the molecule is Cc1ccc(Cl)c(OCC(=O)NC(C)CCCC(=O)O)c1. The molecule has 0 bridgehead atoms. The Balaban J connectivity index is 2.33. The molecule has 1 aromatic carbocycles. The highest BCUT2D eigenvalue weighted by Crippen LogP contribution is 2.25. The lowest BCUT2D eigenvalue weighted by molar-refractivity contribution is -0.137. The molecule has 1 atom stereocenters. The first-order chi connectivity index (χ1) is 9.88. The molecule has 0 aliphatic carbocycles. The number of hydrogen-bond acceptors (Lipinski definition) is 3. The quantitative estimate of drug-likeness (QED) is 0.774. The number of halogens is 1. The number of carboxylic acids is 1. The molecule has 0 aliphatic rings. The maximum atomic E-state index is 11.7. The second kappa shape index (κ2) is 8.52. The van der Waals surface area contributed by atoms with E-state index in [2.05, 4.69) is 5.32 Å². The van der Waals surface area contributed by atoms with Crippen molar-refractivity contribution in [3.63, 3.8) is 0 Å². The molecule has 5 nitrogen and oxygen atoms in total. The summed E-state index contributed by atoms with van der Waals surface area (Å²) in [5.74, 6) is -0.605. The number of carbonyl (C=O) groups excluding carboxylic acids is 1. The molecule has 116 valence electrons. The second-order valence-electron chi connectivity index (χ2n) is 4.98. The van der Waals surface area contributed by atoms with Gasteiger partial charge in [0.1, 0.15) is 5.75 Å². The van der Waals surface area contributed by atoms with Gasteiger partial charge in [-0.2, -0.15) is 0 Å². The van der Waals surface area contributed by atoms with Crippen LogP contribution in [0.5, 0.6) is 5.75 Å². The van der Waals surface area contributed by atoms with Crippen LogP contribution < -0.4 is 10.1 Å². The minimum Gasteiger partial charge on any atom is -0.482 e. The Morgan fingerprint density at radius 1 is 1.43 bits per heavy atom. The lowest BCUT2D eigenvalue weighted by atomic mass is 10.1. The van der Waals surface area contributed by atoms with Crippen LogP contribution in [0.25, 0.3) is 0 Å². The van der Waals surface area contributed by atoms with Gasteiger partial charge in [-0.15, -0.1) is 0 Å². The molecule has 0 saturated heterocycles. The fraction of sp³-hybridized carbons (Fsp3) is 0.467. The van der Waals surface area contributed by atoms with Crippen LogP contribution in [0.4, 0.5) is 0 Å². The third kappa shape index (κ3) is 6.99. The lowest BCUT2D eigenvalue weighted by Gasteiger charge is -2.14. The number of aryl methyl sites for hydroxylation is 1. The van der Waals surface area contributed by atoms with E-state index >= 15 is 0 Å². The molecule has 1 rings (SSSR count). The molecule has 0 aromatic heterocycles. The van der Waals surface area contributed by atoms with Crippen LogP contribution >= 0.6 is 11.6 Å². The predicted octanol–water partition coefficient (Wildman–Crippen LogP) is 2.79. The third-order valence-corrected chi connectivity index (χ3v) is 3.19. The van der Waals surface area contributed by atoms with Crippen molar-refractivity contribution in [2.75, 3.05) is 6.61 Å². The summed E-state index contributed by atoms with van der Waals surface area (Å²) in [7, 11) is 0. The first kappa shape index (κ1) is 17.3. The van der Waals surface area contributed by atoms with Crippen molar-refractivity contribution >= 4 is 23.5 Å². The third-order valence-electron chi connectivity index (χ3n) is 2.88. The van der Waals surface area contributed by atoms with Gasteiger partial charge < -0.3 is 15.2 Å². The highest BCUT2D eigenvalue weighted by atomic mass is 35.5. The van der Waals surface area contributed by atoms with E-state index in [-0.39, 0.29) is 25.0 Å². The number of nitrogens with one attached hydrogen (secondary N) is 1. The molecule has 6 heteroatoms. The Morgan fingerprint density at radius 3 is 2.81 bits per heavy atom. The van der Waals surface area contributed by atoms with E-state index in [1.165, 1.54) is 0 Å². The van der Waals surface area contributed by atoms with Crippen molar-refractivity contribution in [2.24, 2.45) is 0 Å². The fourth-order valence-corrected chi connectivity index (χ4v) is 1.98. The van der Waals surface area contributed by atoms with Gasteiger partial charge in [-0.1, -0.05) is 17.7 Å². The van der Waals surface area contributed by atoms with E-state index in [9.17, 15) is 9.59 Å². The molecule has 2 N–H and O–H groups in total. The second-order valence-corrected chi connectivity index (χ2v) is 5.38. The number of carbonyl (C=O) groups is 2. The molecular weight excluding hydrogens is 294 g/mol. The monoisotopic (exact) mass is 313 g/mol. The van der Waals surface area contributed by atoms with Gasteiger partial charge in [-0.3, -0.25) is 9.59 Å². The average molecular weight is 314 g/mol. The summed E-state index contributed by atoms with van der Waals surface area (Å²) in [6.45, 7) is 3.62. The number of rotatable bonds is 8. The molecule has 21 heavy (non-hydrogen) atoms. The van der Waals surface area contributed by atoms with Gasteiger partial charge in [-0.25, -0.2) is 0 Å². The Hall–Kier alpha value is -1.75. The summed E-state index contributed by atoms with van der Waals surface area (Å²) < 4.78 is 5.38. The number of aliphatic carboxylic acids is 1. The first-order valence-electron chi connectivity index (χ1n) is 6.78. The largest absolute Gasteiger partial charge is 0.482 e. The van der Waals surface area contributed by atoms with Crippen LogP contribution in [0.3, 0.4) is 0 Å². The molecule has 0 radical (unpaired) electrons. The zero-order valence-electron chi connectivity index (χ0n) is 12.2. The van der Waals surface area contributed by atoms with Crippen molar-refractivity contribution in [2.45, 2.75) is 39.2 Å². The van der Waals surface area contributed by atoms with E-state index in [1.54, 1.807) is 12.1 Å². The van der Waals surface area contributed by atoms with Gasteiger partial charge in [0, 0.05) is 12.5 Å². The van der Waals surface area contributed by atoms with E-state index in [0.29, 0.717) is 23.6 Å². The van der Waals surface area contributed by atoms with Crippen LogP contribution in [-0.2, 0) is 9.59 Å². The van der Waals surface area contributed by atoms with Gasteiger partial charge >= 0.3 is 5.97 Å². The average Bonchev–Trinajstić information content (AvgIpc) is 2.39. The Morgan fingerprint density at radius 2 is 2.14 bits per heavy atom. The lowest BCUT2D eigenvalue weighted by Crippen LogP contribution is -2.36. The van der Waals surface area contributed by atoms with Gasteiger partial charge in [0.15, 0.2) is 6.61 Å². The summed E-state index contributed by atoms with van der Waals surface area (Å²) >= 11 is 5.97. The van der Waals surface area contributed by atoms with E-state index in [1.807, 2.05) is 19.9 Å². The van der Waals surface area contributed by atoms with E-state index < -0.39 is 5.97 Å². The van der Waals surface area contributed by atoms with Crippen molar-refractivity contribution < 1.29 is 19.4 Å². The molecule has 1 aromatic rings. The van der Waals surface area contributed by atoms with Crippen molar-refractivity contribution in [3.8, 4) is 5.75 Å². The molecule has 1 amide bonds. The van der Waals surface area contributed by atoms with E-state index in [4.69, 9.17) is 21.4 Å². The molecule has 0 heterocycles. The normalized spacial score (nSPS) is 11.8. The summed E-state index contributed by atoms with van der Waals surface area (Å²) in [6.07, 6.45) is 1.25. The van der Waals surface area contributed by atoms with Gasteiger partial charge in [0.2, 0.25) is 0 Å². The highest BCUT2D eigenvalue weighted by Gasteiger charge is 2.10. The number of carboxylic acid groups (broad SMARTS) is 1. The molecular formula is C15H20ClNO4. The number of amides is 1. The molecule has 0 spiro atoms. The zero-order chi connectivity index (χ0) is 15.8. The molecule has 0 aliphatic heterocycles. The highest BCUT2D eigenvalue weighted by molar-refractivity contribution is 6.32. The van der Waals surface area contributed by atoms with Crippen molar-refractivity contribution in [1.29, 1.82) is 0 Å². The smallest absolute Gasteiger partial charge is 0.303 e. The van der Waals surface area contributed by atoms with Gasteiger partial charge in [0.25, 0.3) is 5.91 Å². The Bertz CT molecular complexity index is 504. The van der Waals surface area contributed by atoms with Crippen molar-refractivity contribution in [3.05, 3.63) is 28.8 Å². The van der Waals surface area contributed by atoms with Crippen LogP contribution in [0.15, 0.2) is 18.2 Å². The minimum absolute atomic E-state index is 0.0894. The van der Waals surface area contributed by atoms with E-state index in [0.717, 1.165) is 5.56 Å². The van der Waals surface area contributed by atoms with Crippen LogP contribution in [0.2, 0.25) is 5.02 Å². The predicted molar refractivity (Wildman–Crippen MR) is 80.8 cm³/mol. The summed E-state index contributed by atoms with van der Waals surface area (Å²) in [5.41, 5.74) is 0.997. The summed E-state index contributed by atoms with van der Waals surface area (Å²) in [4.78, 5) is 22.1. The van der Waals surface area contributed by atoms with Crippen LogP contribution in [0.1, 0.15) is 31.7 Å². The minimum atomic E-state index is -0.828. The maximum absolute atomic E-state index is 11.7. The number of ether oxygens (including phenoxy) is 1. The summed E-state index contributed by atoms with van der Waals surface area (Å²) in [6, 6.07) is 5.26. The van der Waals surface area contributed by atoms with Crippen LogP contribution in [-0.4, -0.2) is 29.6 Å². The zero-order valence-corrected chi connectivity index (χ0v) is 12.9. The number of hydrogen-bond donors (Lipinski definition) is 2. The standard InChI is InChI=1S/C15H20ClNO4/c1-10-6-7-12(16)13(8-10)21-9-14(18)17-11(2)4-3-5-15(19)20/h6-8,11H,3-5,9H2,1-2H3,(H,17,18)(H,19,20). The maximum Gasteiger partial charge on any atom is 0.303 e. The van der Waals surface area contributed by atoms with Crippen LogP contribution in [0, 0.1) is 6.92 Å². The first-order valence-corrected chi connectivity index (χ1v) is 7.16. The summed E-state index contributed by atoms with van der Waals surface area (Å²) in [5, 5.41) is 11.8. The van der Waals surface area contributed by atoms with Gasteiger partial charge in [-0.05, 0) is 44.4 Å². The Labute approximate surface area is 129 Å². The molecule has 1 unspecified atom stereocenters. The topological polar surface area (TPSA) is 75.6 Å². The fourth-order valence-electron chi connectivity index (χ4n) is 1.81. The van der Waals surface area contributed by atoms with Crippen molar-refractivity contribution in [1.82, 2.24) is 5.32 Å². The number of benzene rings is 1. The Kier molecular flexibility index (Phi) is 7.02. The van der Waals surface area contributed by atoms with Gasteiger partial charge in [0.05, 0.1) is 5.02 Å². The molecule has 0 fully saturated rings.